The number of aromatic nitrogens is 2. The standard InChI is InChI=1S/C8H3ClFN3O3/c9-8-11-7(16-12-8)5-2-1-4(10)3-6(5)13(14)15/h1-3H. The van der Waals surface area contributed by atoms with E-state index >= 15 is 0 Å². The van der Waals surface area contributed by atoms with Gasteiger partial charge in [0.05, 0.1) is 11.0 Å². The molecule has 0 spiro atoms. The third-order valence-electron chi connectivity index (χ3n) is 1.79. The summed E-state index contributed by atoms with van der Waals surface area (Å²) in [4.78, 5) is 13.5. The van der Waals surface area contributed by atoms with Gasteiger partial charge < -0.3 is 4.52 Å². The van der Waals surface area contributed by atoms with E-state index in [0.29, 0.717) is 0 Å². The lowest BCUT2D eigenvalue weighted by molar-refractivity contribution is -0.384. The zero-order chi connectivity index (χ0) is 11.7. The van der Waals surface area contributed by atoms with E-state index in [1.807, 2.05) is 0 Å². The highest BCUT2D eigenvalue weighted by Crippen LogP contribution is 2.29. The maximum absolute atomic E-state index is 12.8. The first-order chi connectivity index (χ1) is 7.58. The van der Waals surface area contributed by atoms with Crippen molar-refractivity contribution in [3.8, 4) is 11.5 Å². The van der Waals surface area contributed by atoms with Gasteiger partial charge in [0.1, 0.15) is 11.4 Å². The van der Waals surface area contributed by atoms with Gasteiger partial charge in [-0.15, -0.1) is 0 Å². The summed E-state index contributed by atoms with van der Waals surface area (Å²) in [6.07, 6.45) is 0. The summed E-state index contributed by atoms with van der Waals surface area (Å²) in [5.41, 5.74) is -0.439. The van der Waals surface area contributed by atoms with Crippen LogP contribution >= 0.6 is 11.6 Å². The molecular formula is C8H3ClFN3O3. The number of nitro groups is 1. The molecule has 0 saturated heterocycles. The van der Waals surface area contributed by atoms with Gasteiger partial charge in [0.15, 0.2) is 0 Å². The van der Waals surface area contributed by atoms with Crippen LogP contribution in [0, 0.1) is 15.9 Å². The normalized spacial score (nSPS) is 10.4. The average molecular weight is 244 g/mol. The first kappa shape index (κ1) is 10.5. The molecule has 1 aromatic carbocycles. The van der Waals surface area contributed by atoms with Crippen LogP contribution in [-0.2, 0) is 0 Å². The Morgan fingerprint density at radius 1 is 1.50 bits per heavy atom. The smallest absolute Gasteiger partial charge is 0.285 e. The summed E-state index contributed by atoms with van der Waals surface area (Å²) in [6, 6.07) is 3.01. The fourth-order valence-corrected chi connectivity index (χ4v) is 1.26. The van der Waals surface area contributed by atoms with Crippen molar-refractivity contribution in [1.29, 1.82) is 0 Å². The zero-order valence-electron chi connectivity index (χ0n) is 7.55. The summed E-state index contributed by atoms with van der Waals surface area (Å²) >= 11 is 5.41. The lowest BCUT2D eigenvalue weighted by Gasteiger charge is -1.97. The fraction of sp³-hybridized carbons (Fsp3) is 0. The van der Waals surface area contributed by atoms with Gasteiger partial charge in [0.25, 0.3) is 16.9 Å². The molecule has 0 saturated carbocycles. The predicted molar refractivity (Wildman–Crippen MR) is 51.4 cm³/mol. The van der Waals surface area contributed by atoms with Crippen LogP contribution in [0.1, 0.15) is 0 Å². The van der Waals surface area contributed by atoms with Gasteiger partial charge in [-0.3, -0.25) is 10.1 Å². The van der Waals surface area contributed by atoms with Gasteiger partial charge in [0.2, 0.25) is 0 Å². The molecule has 0 N–H and O–H groups in total. The molecule has 0 bridgehead atoms. The summed E-state index contributed by atoms with van der Waals surface area (Å²) in [5.74, 6) is -0.849. The Morgan fingerprint density at radius 3 is 2.81 bits per heavy atom. The summed E-state index contributed by atoms with van der Waals surface area (Å²) in [5, 5.41) is 13.8. The van der Waals surface area contributed by atoms with Crippen molar-refractivity contribution in [1.82, 2.24) is 10.1 Å². The summed E-state index contributed by atoms with van der Waals surface area (Å²) in [6.45, 7) is 0. The van der Waals surface area contributed by atoms with E-state index in [1.165, 1.54) is 6.07 Å². The van der Waals surface area contributed by atoms with Crippen molar-refractivity contribution < 1.29 is 13.8 Å². The van der Waals surface area contributed by atoms with E-state index < -0.39 is 16.4 Å². The van der Waals surface area contributed by atoms with Crippen LogP contribution in [0.15, 0.2) is 22.7 Å². The van der Waals surface area contributed by atoms with Crippen molar-refractivity contribution in [2.24, 2.45) is 0 Å². The molecule has 0 aliphatic carbocycles. The second-order valence-corrected chi connectivity index (χ2v) is 3.13. The Kier molecular flexibility index (Phi) is 2.53. The second-order valence-electron chi connectivity index (χ2n) is 2.79. The molecule has 0 aliphatic heterocycles. The monoisotopic (exact) mass is 243 g/mol. The van der Waals surface area contributed by atoms with Crippen molar-refractivity contribution in [3.05, 3.63) is 39.4 Å². The van der Waals surface area contributed by atoms with Crippen molar-refractivity contribution in [2.45, 2.75) is 0 Å². The van der Waals surface area contributed by atoms with Crippen LogP contribution in [-0.4, -0.2) is 15.1 Å². The number of halogens is 2. The van der Waals surface area contributed by atoms with Crippen LogP contribution in [0.5, 0.6) is 0 Å². The largest absolute Gasteiger partial charge is 0.332 e. The number of nitrogens with zero attached hydrogens (tertiary/aromatic N) is 3. The molecule has 0 aliphatic rings. The van der Waals surface area contributed by atoms with Gasteiger partial charge in [0, 0.05) is 0 Å². The molecular weight excluding hydrogens is 241 g/mol. The van der Waals surface area contributed by atoms with Crippen LogP contribution in [0.2, 0.25) is 5.28 Å². The highest BCUT2D eigenvalue weighted by Gasteiger charge is 2.20. The number of rotatable bonds is 2. The third kappa shape index (κ3) is 1.84. The van der Waals surface area contributed by atoms with E-state index in [2.05, 4.69) is 14.7 Å². The lowest BCUT2D eigenvalue weighted by atomic mass is 10.2. The van der Waals surface area contributed by atoms with Crippen molar-refractivity contribution in [2.75, 3.05) is 0 Å². The number of benzene rings is 1. The van der Waals surface area contributed by atoms with Gasteiger partial charge in [-0.1, -0.05) is 0 Å². The minimum atomic E-state index is -0.740. The average Bonchev–Trinajstić information content (AvgIpc) is 2.64. The van der Waals surface area contributed by atoms with Gasteiger partial charge in [-0.25, -0.2) is 4.39 Å². The molecule has 1 heterocycles. The molecule has 6 nitrogen and oxygen atoms in total. The van der Waals surface area contributed by atoms with Gasteiger partial charge in [-0.2, -0.15) is 4.98 Å². The van der Waals surface area contributed by atoms with Crippen LogP contribution < -0.4 is 0 Å². The molecule has 2 aromatic rings. The minimum Gasteiger partial charge on any atom is -0.332 e. The van der Waals surface area contributed by atoms with Crippen molar-refractivity contribution >= 4 is 17.3 Å². The Hall–Kier alpha value is -2.02. The fourth-order valence-electron chi connectivity index (χ4n) is 1.15. The lowest BCUT2D eigenvalue weighted by Crippen LogP contribution is -1.93. The Morgan fingerprint density at radius 2 is 2.25 bits per heavy atom. The first-order valence-corrected chi connectivity index (χ1v) is 4.39. The molecule has 0 radical (unpaired) electrons. The van der Waals surface area contributed by atoms with Crippen LogP contribution in [0.3, 0.4) is 0 Å². The number of hydrogen-bond acceptors (Lipinski definition) is 5. The van der Waals surface area contributed by atoms with Crippen LogP contribution in [0.4, 0.5) is 10.1 Å². The van der Waals surface area contributed by atoms with E-state index in [4.69, 9.17) is 11.6 Å². The molecule has 0 amide bonds. The third-order valence-corrected chi connectivity index (χ3v) is 1.94. The minimum absolute atomic E-state index is 0.0193. The topological polar surface area (TPSA) is 82.1 Å². The SMILES string of the molecule is O=[N+]([O-])c1cc(F)ccc1-c1nc(Cl)no1. The van der Waals surface area contributed by atoms with Crippen LogP contribution in [0.25, 0.3) is 11.5 Å². The highest BCUT2D eigenvalue weighted by molar-refractivity contribution is 6.28. The Bertz CT molecular complexity index is 557. The molecule has 0 atom stereocenters. The molecule has 82 valence electrons. The highest BCUT2D eigenvalue weighted by atomic mass is 35.5. The van der Waals surface area contributed by atoms with E-state index in [-0.39, 0.29) is 16.7 Å². The molecule has 2 rings (SSSR count). The second kappa shape index (κ2) is 3.86. The van der Waals surface area contributed by atoms with E-state index in [9.17, 15) is 14.5 Å². The van der Waals surface area contributed by atoms with E-state index in [1.54, 1.807) is 0 Å². The number of hydrogen-bond donors (Lipinski definition) is 0. The number of nitro benzene ring substituents is 1. The maximum Gasteiger partial charge on any atom is 0.285 e. The Labute approximate surface area is 92.8 Å². The maximum atomic E-state index is 12.8. The molecule has 16 heavy (non-hydrogen) atoms. The zero-order valence-corrected chi connectivity index (χ0v) is 8.31. The first-order valence-electron chi connectivity index (χ1n) is 4.01. The van der Waals surface area contributed by atoms with E-state index in [0.717, 1.165) is 12.1 Å². The van der Waals surface area contributed by atoms with Crippen molar-refractivity contribution in [3.63, 3.8) is 0 Å². The molecule has 1 aromatic heterocycles. The van der Waals surface area contributed by atoms with Gasteiger partial charge in [-0.05, 0) is 28.9 Å². The Balaban J connectivity index is 2.60. The quantitative estimate of drug-likeness (QED) is 0.598. The predicted octanol–water partition coefficient (Wildman–Crippen LogP) is 2.44. The summed E-state index contributed by atoms with van der Waals surface area (Å²) in [7, 11) is 0. The molecule has 0 unspecified atom stereocenters. The van der Waals surface area contributed by atoms with Gasteiger partial charge >= 0.3 is 0 Å². The molecule has 8 heteroatoms. The summed E-state index contributed by atoms with van der Waals surface area (Å²) < 4.78 is 17.5. The molecule has 0 fully saturated rings.